The molecule has 2 aromatic rings. The standard InChI is InChI=1S/C20H18FNO5/c1-13(27-19(23)9-7-15-4-2-3-5-16(15)21)20(24)22-11-14-6-8-17-18(10-14)26-12-25-17/h2-10,13H,11-12H2,1H3,(H,22,24)/b9-7+/t13-/m1/s1. The number of nitrogens with one attached hydrogen (secondary N) is 1. The summed E-state index contributed by atoms with van der Waals surface area (Å²) in [5.41, 5.74) is 1.08. The first-order valence-corrected chi connectivity index (χ1v) is 8.32. The largest absolute Gasteiger partial charge is 0.454 e. The minimum absolute atomic E-state index is 0.179. The molecule has 0 saturated carbocycles. The van der Waals surface area contributed by atoms with Crippen LogP contribution in [0.15, 0.2) is 48.5 Å². The van der Waals surface area contributed by atoms with Gasteiger partial charge >= 0.3 is 5.97 Å². The van der Waals surface area contributed by atoms with Crippen molar-refractivity contribution >= 4 is 18.0 Å². The van der Waals surface area contributed by atoms with Gasteiger partial charge in [0, 0.05) is 18.2 Å². The average Bonchev–Trinajstić information content (AvgIpc) is 3.13. The van der Waals surface area contributed by atoms with Gasteiger partial charge in [0.1, 0.15) is 5.82 Å². The number of halogens is 1. The van der Waals surface area contributed by atoms with E-state index in [2.05, 4.69) is 5.32 Å². The van der Waals surface area contributed by atoms with Crippen LogP contribution in [0.4, 0.5) is 4.39 Å². The lowest BCUT2D eigenvalue weighted by molar-refractivity contribution is -0.150. The lowest BCUT2D eigenvalue weighted by atomic mass is 10.2. The third kappa shape index (κ3) is 4.84. The Bertz CT molecular complexity index is 880. The Balaban J connectivity index is 1.48. The van der Waals surface area contributed by atoms with E-state index in [1.807, 2.05) is 6.07 Å². The number of rotatable bonds is 6. The highest BCUT2D eigenvalue weighted by Gasteiger charge is 2.17. The van der Waals surface area contributed by atoms with Crippen LogP contribution in [-0.2, 0) is 20.9 Å². The lowest BCUT2D eigenvalue weighted by Gasteiger charge is -2.12. The molecule has 3 rings (SSSR count). The van der Waals surface area contributed by atoms with E-state index in [-0.39, 0.29) is 18.9 Å². The average molecular weight is 371 g/mol. The Labute approximate surface area is 155 Å². The third-order valence-electron chi connectivity index (χ3n) is 3.87. The smallest absolute Gasteiger partial charge is 0.331 e. The molecule has 0 aromatic heterocycles. The van der Waals surface area contributed by atoms with E-state index in [9.17, 15) is 14.0 Å². The molecule has 1 aliphatic heterocycles. The summed E-state index contributed by atoms with van der Waals surface area (Å²) in [6.07, 6.45) is 1.39. The molecule has 0 fully saturated rings. The summed E-state index contributed by atoms with van der Waals surface area (Å²) in [4.78, 5) is 23.9. The molecule has 2 aromatic carbocycles. The van der Waals surface area contributed by atoms with Crippen LogP contribution in [0, 0.1) is 5.82 Å². The zero-order valence-corrected chi connectivity index (χ0v) is 14.6. The van der Waals surface area contributed by atoms with Gasteiger partial charge in [-0.15, -0.1) is 0 Å². The van der Waals surface area contributed by atoms with E-state index >= 15 is 0 Å². The van der Waals surface area contributed by atoms with Crippen LogP contribution in [0.25, 0.3) is 6.08 Å². The predicted octanol–water partition coefficient (Wildman–Crippen LogP) is 2.82. The van der Waals surface area contributed by atoms with Gasteiger partial charge in [0.25, 0.3) is 5.91 Å². The molecule has 1 aliphatic rings. The second-order valence-corrected chi connectivity index (χ2v) is 5.84. The van der Waals surface area contributed by atoms with Gasteiger partial charge in [-0.3, -0.25) is 4.79 Å². The minimum atomic E-state index is -0.989. The van der Waals surface area contributed by atoms with Crippen molar-refractivity contribution in [1.29, 1.82) is 0 Å². The highest BCUT2D eigenvalue weighted by atomic mass is 19.1. The van der Waals surface area contributed by atoms with Crippen molar-refractivity contribution in [3.05, 3.63) is 65.5 Å². The van der Waals surface area contributed by atoms with Crippen LogP contribution in [0.2, 0.25) is 0 Å². The number of esters is 1. The van der Waals surface area contributed by atoms with Gasteiger partial charge in [0.05, 0.1) is 0 Å². The number of carbonyl (C=O) groups is 2. The number of hydrogen-bond donors (Lipinski definition) is 1. The first-order chi connectivity index (χ1) is 13.0. The first kappa shape index (κ1) is 18.4. The van der Waals surface area contributed by atoms with E-state index in [0.29, 0.717) is 11.5 Å². The van der Waals surface area contributed by atoms with Gasteiger partial charge in [0.15, 0.2) is 17.6 Å². The summed E-state index contributed by atoms with van der Waals surface area (Å²) in [5.74, 6) is -0.339. The van der Waals surface area contributed by atoms with Crippen molar-refractivity contribution in [2.24, 2.45) is 0 Å². The van der Waals surface area contributed by atoms with Gasteiger partial charge in [0.2, 0.25) is 6.79 Å². The molecule has 0 bridgehead atoms. The molecule has 27 heavy (non-hydrogen) atoms. The van der Waals surface area contributed by atoms with E-state index in [4.69, 9.17) is 14.2 Å². The number of fused-ring (bicyclic) bond motifs is 1. The molecule has 1 amide bonds. The topological polar surface area (TPSA) is 73.9 Å². The number of carbonyl (C=O) groups excluding carboxylic acids is 2. The maximum atomic E-state index is 13.5. The summed E-state index contributed by atoms with van der Waals surface area (Å²) in [6.45, 7) is 1.89. The van der Waals surface area contributed by atoms with Gasteiger partial charge in [-0.1, -0.05) is 24.3 Å². The van der Waals surface area contributed by atoms with Crippen molar-refractivity contribution in [2.75, 3.05) is 6.79 Å². The lowest BCUT2D eigenvalue weighted by Crippen LogP contribution is -2.35. The monoisotopic (exact) mass is 371 g/mol. The van der Waals surface area contributed by atoms with Gasteiger partial charge in [-0.2, -0.15) is 0 Å². The molecule has 140 valence electrons. The van der Waals surface area contributed by atoms with Crippen LogP contribution >= 0.6 is 0 Å². The highest BCUT2D eigenvalue weighted by Crippen LogP contribution is 2.32. The molecule has 0 saturated heterocycles. The summed E-state index contributed by atoms with van der Waals surface area (Å²) < 4.78 is 29.0. The fourth-order valence-electron chi connectivity index (χ4n) is 2.42. The second-order valence-electron chi connectivity index (χ2n) is 5.84. The van der Waals surface area contributed by atoms with Crippen LogP contribution in [0.5, 0.6) is 11.5 Å². The zero-order valence-electron chi connectivity index (χ0n) is 14.6. The summed E-state index contributed by atoms with van der Waals surface area (Å²) in [7, 11) is 0. The molecule has 0 radical (unpaired) electrons. The SMILES string of the molecule is C[C@@H](OC(=O)/C=C/c1ccccc1F)C(=O)NCc1ccc2c(c1)OCO2. The van der Waals surface area contributed by atoms with Crippen molar-refractivity contribution < 1.29 is 28.2 Å². The van der Waals surface area contributed by atoms with Crippen molar-refractivity contribution in [2.45, 2.75) is 19.6 Å². The summed E-state index contributed by atoms with van der Waals surface area (Å²) in [6, 6.07) is 11.4. The molecular weight excluding hydrogens is 353 g/mol. The van der Waals surface area contributed by atoms with Crippen LogP contribution in [0.3, 0.4) is 0 Å². The maximum Gasteiger partial charge on any atom is 0.331 e. The molecule has 0 aliphatic carbocycles. The van der Waals surface area contributed by atoms with Gasteiger partial charge in [-0.25, -0.2) is 9.18 Å². The van der Waals surface area contributed by atoms with Crippen LogP contribution in [0.1, 0.15) is 18.1 Å². The van der Waals surface area contributed by atoms with E-state index in [1.165, 1.54) is 25.1 Å². The van der Waals surface area contributed by atoms with Crippen LogP contribution in [-0.4, -0.2) is 24.8 Å². The molecule has 1 atom stereocenters. The quantitative estimate of drug-likeness (QED) is 0.624. The molecule has 1 N–H and O–H groups in total. The Morgan fingerprint density at radius 2 is 2.00 bits per heavy atom. The number of amides is 1. The van der Waals surface area contributed by atoms with Crippen molar-refractivity contribution in [3.63, 3.8) is 0 Å². The Morgan fingerprint density at radius 3 is 2.81 bits per heavy atom. The molecule has 7 heteroatoms. The first-order valence-electron chi connectivity index (χ1n) is 8.32. The second kappa shape index (κ2) is 8.35. The zero-order chi connectivity index (χ0) is 19.2. The van der Waals surface area contributed by atoms with E-state index in [0.717, 1.165) is 11.6 Å². The predicted molar refractivity (Wildman–Crippen MR) is 95.4 cm³/mol. The van der Waals surface area contributed by atoms with Crippen molar-refractivity contribution in [3.8, 4) is 11.5 Å². The maximum absolute atomic E-state index is 13.5. The third-order valence-corrected chi connectivity index (χ3v) is 3.87. The minimum Gasteiger partial charge on any atom is -0.454 e. The summed E-state index contributed by atoms with van der Waals surface area (Å²) >= 11 is 0. The Morgan fingerprint density at radius 1 is 1.22 bits per heavy atom. The van der Waals surface area contributed by atoms with Crippen molar-refractivity contribution in [1.82, 2.24) is 5.32 Å². The van der Waals surface area contributed by atoms with Crippen LogP contribution < -0.4 is 14.8 Å². The van der Waals surface area contributed by atoms with Gasteiger partial charge in [-0.05, 0) is 36.8 Å². The fraction of sp³-hybridized carbons (Fsp3) is 0.200. The summed E-state index contributed by atoms with van der Waals surface area (Å²) in [5, 5.41) is 2.68. The van der Waals surface area contributed by atoms with E-state index in [1.54, 1.807) is 24.3 Å². The number of ether oxygens (including phenoxy) is 3. The molecule has 0 unspecified atom stereocenters. The Hall–Kier alpha value is -3.35. The molecule has 1 heterocycles. The normalized spacial score (nSPS) is 13.4. The number of benzene rings is 2. The Kier molecular flexibility index (Phi) is 5.71. The highest BCUT2D eigenvalue weighted by molar-refractivity contribution is 5.90. The van der Waals surface area contributed by atoms with E-state index < -0.39 is 23.8 Å². The fourth-order valence-corrected chi connectivity index (χ4v) is 2.42. The molecule has 6 nitrogen and oxygen atoms in total. The van der Waals surface area contributed by atoms with Gasteiger partial charge < -0.3 is 19.5 Å². The molecule has 0 spiro atoms. The molecular formula is C20H18FNO5. The number of hydrogen-bond acceptors (Lipinski definition) is 5.